The highest BCUT2D eigenvalue weighted by atomic mass is 16.5. The zero-order valence-electron chi connectivity index (χ0n) is 8.85. The molecule has 1 aromatic rings. The number of ether oxygens (including phenoxy) is 2. The second kappa shape index (κ2) is 8.26. The first-order valence-corrected chi connectivity index (χ1v) is 5.27. The van der Waals surface area contributed by atoms with Crippen LogP contribution in [-0.2, 0) is 9.84 Å². The molecule has 15 heavy (non-hydrogen) atoms. The summed E-state index contributed by atoms with van der Waals surface area (Å²) in [6.45, 7) is 1.82. The quantitative estimate of drug-likeness (QED) is 0.616. The third-order valence-corrected chi connectivity index (χ3v) is 1.88. The Morgan fingerprint density at radius 3 is 2.40 bits per heavy atom. The van der Waals surface area contributed by atoms with Gasteiger partial charge in [-0.2, -0.15) is 0 Å². The van der Waals surface area contributed by atoms with E-state index >= 15 is 0 Å². The summed E-state index contributed by atoms with van der Waals surface area (Å²) in [4.78, 5) is 0. The van der Waals surface area contributed by atoms with Crippen molar-refractivity contribution in [2.45, 2.75) is 12.8 Å². The Balaban J connectivity index is 1.93. The molecular formula is C12H17O3. The second-order valence-electron chi connectivity index (χ2n) is 3.19. The summed E-state index contributed by atoms with van der Waals surface area (Å²) in [5.41, 5.74) is 0. The van der Waals surface area contributed by atoms with E-state index in [9.17, 15) is 5.11 Å². The molecule has 0 saturated heterocycles. The molecule has 83 valence electrons. The monoisotopic (exact) mass is 209 g/mol. The summed E-state index contributed by atoms with van der Waals surface area (Å²) in [5, 5.41) is 10.1. The van der Waals surface area contributed by atoms with Crippen LogP contribution in [0.15, 0.2) is 30.3 Å². The zero-order chi connectivity index (χ0) is 10.8. The van der Waals surface area contributed by atoms with E-state index in [1.807, 2.05) is 30.3 Å². The average molecular weight is 209 g/mol. The van der Waals surface area contributed by atoms with Gasteiger partial charge in [-0.1, -0.05) is 18.2 Å². The Hall–Kier alpha value is -1.06. The van der Waals surface area contributed by atoms with Crippen LogP contribution in [0.2, 0.25) is 0 Å². The molecule has 1 rings (SSSR count). The highest BCUT2D eigenvalue weighted by Gasteiger charge is 1.92. The van der Waals surface area contributed by atoms with Crippen LogP contribution in [0.25, 0.3) is 0 Å². The third-order valence-electron chi connectivity index (χ3n) is 1.88. The normalized spacial score (nSPS) is 10.2. The van der Waals surface area contributed by atoms with E-state index in [4.69, 9.17) is 9.47 Å². The molecule has 3 nitrogen and oxygen atoms in total. The van der Waals surface area contributed by atoms with Crippen LogP contribution in [0.1, 0.15) is 12.8 Å². The van der Waals surface area contributed by atoms with Gasteiger partial charge in [0.2, 0.25) is 0 Å². The van der Waals surface area contributed by atoms with Crippen LogP contribution < -0.4 is 4.74 Å². The predicted molar refractivity (Wildman–Crippen MR) is 57.5 cm³/mol. The van der Waals surface area contributed by atoms with E-state index in [0.29, 0.717) is 26.2 Å². The molecule has 0 spiro atoms. The Morgan fingerprint density at radius 2 is 1.67 bits per heavy atom. The van der Waals surface area contributed by atoms with Crippen molar-refractivity contribution >= 4 is 0 Å². The first kappa shape index (κ1) is 12.0. The lowest BCUT2D eigenvalue weighted by Gasteiger charge is -2.05. The highest BCUT2D eigenvalue weighted by molar-refractivity contribution is 5.20. The molecule has 0 atom stereocenters. The van der Waals surface area contributed by atoms with Gasteiger partial charge in [0.05, 0.1) is 13.2 Å². The van der Waals surface area contributed by atoms with Crippen LogP contribution >= 0.6 is 0 Å². The SMILES string of the molecule is [O]CCCOCCCOc1ccccc1. The maximum atomic E-state index is 10.1. The average Bonchev–Trinajstić information content (AvgIpc) is 2.29. The highest BCUT2D eigenvalue weighted by Crippen LogP contribution is 2.08. The van der Waals surface area contributed by atoms with Crippen LogP contribution in [0, 0.1) is 0 Å². The van der Waals surface area contributed by atoms with Crippen molar-refractivity contribution in [1.82, 2.24) is 0 Å². The third kappa shape index (κ3) is 6.10. The summed E-state index contributed by atoms with van der Waals surface area (Å²) in [6.07, 6.45) is 1.45. The number of para-hydroxylation sites is 1. The van der Waals surface area contributed by atoms with Gasteiger partial charge in [0.15, 0.2) is 0 Å². The summed E-state index contributed by atoms with van der Waals surface area (Å²) in [5.74, 6) is 0.886. The van der Waals surface area contributed by atoms with Crippen LogP contribution in [0.5, 0.6) is 5.75 Å². The fraction of sp³-hybridized carbons (Fsp3) is 0.500. The molecule has 0 saturated carbocycles. The first-order chi connectivity index (χ1) is 7.43. The van der Waals surface area contributed by atoms with Gasteiger partial charge in [0.1, 0.15) is 5.75 Å². The molecule has 0 fully saturated rings. The fourth-order valence-corrected chi connectivity index (χ4v) is 1.13. The molecule has 0 bridgehead atoms. The lowest BCUT2D eigenvalue weighted by molar-refractivity contribution is 0.0907. The van der Waals surface area contributed by atoms with Gasteiger partial charge in [-0.25, -0.2) is 5.11 Å². The Morgan fingerprint density at radius 1 is 0.933 bits per heavy atom. The topological polar surface area (TPSA) is 38.4 Å². The number of hydrogen-bond acceptors (Lipinski definition) is 2. The minimum absolute atomic E-state index is 0.0550. The number of benzene rings is 1. The molecule has 0 aliphatic carbocycles. The lowest BCUT2D eigenvalue weighted by atomic mass is 10.3. The second-order valence-corrected chi connectivity index (χ2v) is 3.19. The van der Waals surface area contributed by atoms with Gasteiger partial charge in [-0.15, -0.1) is 0 Å². The van der Waals surface area contributed by atoms with Crippen molar-refractivity contribution < 1.29 is 14.6 Å². The van der Waals surface area contributed by atoms with E-state index in [2.05, 4.69) is 0 Å². The lowest BCUT2D eigenvalue weighted by Crippen LogP contribution is -2.04. The molecule has 0 amide bonds. The van der Waals surface area contributed by atoms with Crippen molar-refractivity contribution in [3.63, 3.8) is 0 Å². The fourth-order valence-electron chi connectivity index (χ4n) is 1.13. The van der Waals surface area contributed by atoms with Crippen molar-refractivity contribution in [1.29, 1.82) is 0 Å². The maximum Gasteiger partial charge on any atom is 0.119 e. The molecule has 0 heterocycles. The largest absolute Gasteiger partial charge is 0.494 e. The summed E-state index contributed by atoms with van der Waals surface area (Å²) >= 11 is 0. The Labute approximate surface area is 90.6 Å². The minimum atomic E-state index is -0.0550. The van der Waals surface area contributed by atoms with Crippen molar-refractivity contribution in [3.05, 3.63) is 30.3 Å². The molecular weight excluding hydrogens is 192 g/mol. The smallest absolute Gasteiger partial charge is 0.119 e. The van der Waals surface area contributed by atoms with Gasteiger partial charge in [0, 0.05) is 19.6 Å². The maximum absolute atomic E-state index is 10.1. The molecule has 0 N–H and O–H groups in total. The van der Waals surface area contributed by atoms with Crippen molar-refractivity contribution in [3.8, 4) is 5.75 Å². The van der Waals surface area contributed by atoms with Gasteiger partial charge < -0.3 is 9.47 Å². The van der Waals surface area contributed by atoms with Gasteiger partial charge in [-0.05, 0) is 18.6 Å². The molecule has 1 radical (unpaired) electrons. The molecule has 0 aliphatic rings. The molecule has 0 aliphatic heterocycles. The van der Waals surface area contributed by atoms with Crippen molar-refractivity contribution in [2.24, 2.45) is 0 Å². The molecule has 0 aromatic heterocycles. The summed E-state index contributed by atoms with van der Waals surface area (Å²) in [7, 11) is 0. The van der Waals surface area contributed by atoms with E-state index in [1.54, 1.807) is 0 Å². The van der Waals surface area contributed by atoms with Crippen molar-refractivity contribution in [2.75, 3.05) is 26.4 Å². The van der Waals surface area contributed by atoms with Crippen LogP contribution in [0.4, 0.5) is 0 Å². The molecule has 1 aromatic carbocycles. The standard InChI is InChI=1S/C12H17O3/c13-8-4-9-14-10-5-11-15-12-6-2-1-3-7-12/h1-3,6-7H,4-5,8-11H2. The summed E-state index contributed by atoms with van der Waals surface area (Å²) in [6, 6.07) is 9.70. The van der Waals surface area contributed by atoms with E-state index < -0.39 is 0 Å². The molecule has 3 heteroatoms. The van der Waals surface area contributed by atoms with Crippen LogP contribution in [0.3, 0.4) is 0 Å². The Kier molecular flexibility index (Phi) is 6.62. The van der Waals surface area contributed by atoms with E-state index in [0.717, 1.165) is 12.2 Å². The minimum Gasteiger partial charge on any atom is -0.494 e. The van der Waals surface area contributed by atoms with Gasteiger partial charge in [0.25, 0.3) is 0 Å². The predicted octanol–water partition coefficient (Wildman–Crippen LogP) is 2.29. The molecule has 0 unspecified atom stereocenters. The van der Waals surface area contributed by atoms with E-state index in [1.165, 1.54) is 0 Å². The van der Waals surface area contributed by atoms with E-state index in [-0.39, 0.29) is 6.61 Å². The Bertz CT molecular complexity index is 236. The summed E-state index contributed by atoms with van der Waals surface area (Å²) < 4.78 is 10.7. The zero-order valence-corrected chi connectivity index (χ0v) is 8.85. The number of rotatable bonds is 8. The first-order valence-electron chi connectivity index (χ1n) is 5.27. The van der Waals surface area contributed by atoms with Gasteiger partial charge in [-0.3, -0.25) is 0 Å². The number of hydrogen-bond donors (Lipinski definition) is 0. The van der Waals surface area contributed by atoms with Crippen LogP contribution in [-0.4, -0.2) is 26.4 Å². The van der Waals surface area contributed by atoms with Gasteiger partial charge >= 0.3 is 0 Å².